The lowest BCUT2D eigenvalue weighted by molar-refractivity contribution is 0.122. The van der Waals surface area contributed by atoms with E-state index in [1.165, 1.54) is 11.5 Å². The Morgan fingerprint density at radius 3 is 2.91 bits per heavy atom. The topological polar surface area (TPSA) is 38.2 Å². The second-order valence-corrected chi connectivity index (χ2v) is 2.97. The van der Waals surface area contributed by atoms with E-state index in [0.29, 0.717) is 0 Å². The Morgan fingerprint density at radius 2 is 2.27 bits per heavy atom. The summed E-state index contributed by atoms with van der Waals surface area (Å²) in [5, 5.41) is 5.94. The number of anilines is 1. The normalized spacial score (nSPS) is 18.7. The molecule has 5 heteroatoms. The van der Waals surface area contributed by atoms with Gasteiger partial charge in [-0.1, -0.05) is 4.49 Å². The van der Waals surface area contributed by atoms with E-state index in [-0.39, 0.29) is 0 Å². The van der Waals surface area contributed by atoms with Gasteiger partial charge in [0.1, 0.15) is 0 Å². The number of hydrogen-bond acceptors (Lipinski definition) is 5. The van der Waals surface area contributed by atoms with Crippen molar-refractivity contribution in [1.29, 1.82) is 0 Å². The first-order valence-electron chi connectivity index (χ1n) is 3.56. The van der Waals surface area contributed by atoms with Crippen molar-refractivity contribution in [1.82, 2.24) is 9.59 Å². The Labute approximate surface area is 68.9 Å². The fourth-order valence-corrected chi connectivity index (χ4v) is 1.56. The van der Waals surface area contributed by atoms with Gasteiger partial charge in [0.05, 0.1) is 18.6 Å². The maximum absolute atomic E-state index is 5.21. The predicted octanol–water partition coefficient (Wildman–Crippen LogP) is 0.375. The molecule has 0 radical (unpaired) electrons. The van der Waals surface area contributed by atoms with Crippen molar-refractivity contribution in [2.24, 2.45) is 0 Å². The summed E-state index contributed by atoms with van der Waals surface area (Å²) in [6.45, 7) is 3.48. The Balaban J connectivity index is 2.04. The molecule has 0 amide bonds. The molecule has 0 saturated carbocycles. The molecule has 0 bridgehead atoms. The molecule has 1 saturated heterocycles. The molecule has 1 fully saturated rings. The zero-order valence-electron chi connectivity index (χ0n) is 6.06. The van der Waals surface area contributed by atoms with Crippen LogP contribution in [-0.2, 0) is 4.74 Å². The average molecular weight is 171 g/mol. The van der Waals surface area contributed by atoms with Gasteiger partial charge in [-0.05, 0) is 11.5 Å². The molecule has 2 heterocycles. The fraction of sp³-hybridized carbons (Fsp3) is 0.667. The van der Waals surface area contributed by atoms with Crippen LogP contribution < -0.4 is 4.90 Å². The van der Waals surface area contributed by atoms with Crippen LogP contribution >= 0.6 is 11.5 Å². The summed E-state index contributed by atoms with van der Waals surface area (Å²) in [5.41, 5.74) is 0. The Bertz CT molecular complexity index is 208. The van der Waals surface area contributed by atoms with Crippen LogP contribution in [0.5, 0.6) is 0 Å². The van der Waals surface area contributed by atoms with Gasteiger partial charge in [0.2, 0.25) is 0 Å². The molecule has 0 aromatic carbocycles. The van der Waals surface area contributed by atoms with Crippen LogP contribution in [0.25, 0.3) is 0 Å². The van der Waals surface area contributed by atoms with Gasteiger partial charge in [-0.25, -0.2) is 0 Å². The largest absolute Gasteiger partial charge is 0.378 e. The number of morpholine rings is 1. The third kappa shape index (κ3) is 1.49. The summed E-state index contributed by atoms with van der Waals surface area (Å²) in [6.07, 6.45) is 0. The van der Waals surface area contributed by atoms with Crippen LogP contribution in [0.2, 0.25) is 0 Å². The summed E-state index contributed by atoms with van der Waals surface area (Å²) in [5.74, 6) is 0.985. The van der Waals surface area contributed by atoms with Crippen LogP contribution in [0.4, 0.5) is 5.82 Å². The third-order valence-corrected chi connectivity index (χ3v) is 2.18. The van der Waals surface area contributed by atoms with Gasteiger partial charge in [0, 0.05) is 13.1 Å². The summed E-state index contributed by atoms with van der Waals surface area (Å²) in [6, 6.07) is 0. The number of hydrogen-bond donors (Lipinski definition) is 0. The lowest BCUT2D eigenvalue weighted by atomic mass is 10.4. The van der Waals surface area contributed by atoms with Gasteiger partial charge < -0.3 is 9.64 Å². The van der Waals surface area contributed by atoms with E-state index in [9.17, 15) is 0 Å². The minimum absolute atomic E-state index is 0.803. The van der Waals surface area contributed by atoms with Gasteiger partial charge in [-0.3, -0.25) is 0 Å². The molecule has 0 aliphatic carbocycles. The molecule has 1 aliphatic heterocycles. The number of nitrogens with zero attached hydrogens (tertiary/aromatic N) is 3. The molecule has 0 atom stereocenters. The minimum atomic E-state index is 0.803. The Kier molecular flexibility index (Phi) is 2.00. The Morgan fingerprint density at radius 1 is 1.45 bits per heavy atom. The fourth-order valence-electron chi connectivity index (χ4n) is 1.09. The zero-order valence-corrected chi connectivity index (χ0v) is 6.88. The van der Waals surface area contributed by atoms with Gasteiger partial charge in [0.15, 0.2) is 5.82 Å². The van der Waals surface area contributed by atoms with E-state index < -0.39 is 0 Å². The van der Waals surface area contributed by atoms with Gasteiger partial charge in [-0.2, -0.15) is 0 Å². The van der Waals surface area contributed by atoms with Crippen molar-refractivity contribution < 1.29 is 4.74 Å². The first-order valence-corrected chi connectivity index (χ1v) is 4.40. The second kappa shape index (κ2) is 3.15. The lowest BCUT2D eigenvalue weighted by Crippen LogP contribution is -2.36. The van der Waals surface area contributed by atoms with Gasteiger partial charge in [-0.15, -0.1) is 5.10 Å². The maximum atomic E-state index is 5.21. The quantitative estimate of drug-likeness (QED) is 0.612. The number of aromatic nitrogens is 2. The molecule has 60 valence electrons. The van der Waals surface area contributed by atoms with Crippen LogP contribution in [0.1, 0.15) is 0 Å². The highest BCUT2D eigenvalue weighted by Crippen LogP contribution is 2.12. The van der Waals surface area contributed by atoms with Gasteiger partial charge >= 0.3 is 0 Å². The molecule has 0 spiro atoms. The Hall–Kier alpha value is -0.680. The monoisotopic (exact) mass is 171 g/mol. The average Bonchev–Trinajstić information content (AvgIpc) is 2.58. The molecule has 1 aromatic heterocycles. The van der Waals surface area contributed by atoms with E-state index in [0.717, 1.165) is 32.1 Å². The van der Waals surface area contributed by atoms with E-state index in [1.807, 2.05) is 5.38 Å². The van der Waals surface area contributed by atoms with Crippen LogP contribution in [-0.4, -0.2) is 35.9 Å². The molecule has 0 N–H and O–H groups in total. The first-order chi connectivity index (χ1) is 5.47. The van der Waals surface area contributed by atoms with Crippen molar-refractivity contribution >= 4 is 17.4 Å². The molecule has 11 heavy (non-hydrogen) atoms. The first kappa shape index (κ1) is 7.00. The standard InChI is InChI=1S/C6H9N3OS/c1-3-10-4-2-9(1)6-5-11-8-7-6/h5H,1-4H2. The smallest absolute Gasteiger partial charge is 0.163 e. The number of rotatable bonds is 1. The molecular weight excluding hydrogens is 162 g/mol. The molecular formula is C6H9N3OS. The summed E-state index contributed by atoms with van der Waals surface area (Å²) >= 11 is 1.39. The molecule has 1 aromatic rings. The van der Waals surface area contributed by atoms with Crippen molar-refractivity contribution in [3.05, 3.63) is 5.38 Å². The van der Waals surface area contributed by atoms with E-state index in [2.05, 4.69) is 14.5 Å². The van der Waals surface area contributed by atoms with Crippen molar-refractivity contribution in [2.75, 3.05) is 31.2 Å². The minimum Gasteiger partial charge on any atom is -0.378 e. The SMILES string of the molecule is c1snnc1N1CCOCC1. The maximum Gasteiger partial charge on any atom is 0.163 e. The van der Waals surface area contributed by atoms with Crippen LogP contribution in [0.3, 0.4) is 0 Å². The van der Waals surface area contributed by atoms with E-state index in [1.54, 1.807) is 0 Å². The summed E-state index contributed by atoms with van der Waals surface area (Å²) in [4.78, 5) is 2.19. The molecule has 0 unspecified atom stereocenters. The highest BCUT2D eigenvalue weighted by atomic mass is 32.1. The second-order valence-electron chi connectivity index (χ2n) is 2.36. The highest BCUT2D eigenvalue weighted by molar-refractivity contribution is 7.03. The van der Waals surface area contributed by atoms with Crippen molar-refractivity contribution in [3.63, 3.8) is 0 Å². The van der Waals surface area contributed by atoms with Crippen molar-refractivity contribution in [3.8, 4) is 0 Å². The lowest BCUT2D eigenvalue weighted by Gasteiger charge is -2.25. The zero-order chi connectivity index (χ0) is 7.52. The van der Waals surface area contributed by atoms with Crippen LogP contribution in [0, 0.1) is 0 Å². The van der Waals surface area contributed by atoms with E-state index >= 15 is 0 Å². The van der Waals surface area contributed by atoms with E-state index in [4.69, 9.17) is 4.74 Å². The van der Waals surface area contributed by atoms with Crippen molar-refractivity contribution in [2.45, 2.75) is 0 Å². The predicted molar refractivity (Wildman–Crippen MR) is 42.9 cm³/mol. The van der Waals surface area contributed by atoms with Crippen LogP contribution in [0.15, 0.2) is 5.38 Å². The highest BCUT2D eigenvalue weighted by Gasteiger charge is 2.12. The summed E-state index contributed by atoms with van der Waals surface area (Å²) < 4.78 is 9.02. The number of ether oxygens (including phenoxy) is 1. The summed E-state index contributed by atoms with van der Waals surface area (Å²) in [7, 11) is 0. The molecule has 4 nitrogen and oxygen atoms in total. The third-order valence-electron chi connectivity index (χ3n) is 1.68. The van der Waals surface area contributed by atoms with Gasteiger partial charge in [0.25, 0.3) is 0 Å². The molecule has 2 rings (SSSR count). The molecule has 1 aliphatic rings.